The van der Waals surface area contributed by atoms with Gasteiger partial charge in [0, 0.05) is 6.42 Å². The molecule has 0 atom stereocenters. The van der Waals surface area contributed by atoms with Gasteiger partial charge in [0.25, 0.3) is 0 Å². The normalized spacial score (nSPS) is 12.4. The van der Waals surface area contributed by atoms with Crippen LogP contribution in [0.1, 0.15) is 56.6 Å². The molecule has 6 rings (SSSR count). The summed E-state index contributed by atoms with van der Waals surface area (Å²) in [6, 6.07) is 24.6. The molecule has 0 N–H and O–H groups in total. The lowest BCUT2D eigenvalue weighted by molar-refractivity contribution is 0.305. The molecule has 3 aromatic carbocycles. The molecule has 0 saturated carbocycles. The number of imidazole rings is 1. The molecule has 1 aliphatic heterocycles. The van der Waals surface area contributed by atoms with E-state index in [2.05, 4.69) is 35.6 Å². The number of fused-ring (bicyclic) bond motifs is 6. The molecule has 0 unspecified atom stereocenters. The highest BCUT2D eigenvalue weighted by Crippen LogP contribution is 2.41. The molecule has 0 spiro atoms. The van der Waals surface area contributed by atoms with Crippen LogP contribution in [-0.2, 0) is 6.42 Å². The van der Waals surface area contributed by atoms with Crippen molar-refractivity contribution < 1.29 is 9.47 Å². The fourth-order valence-corrected chi connectivity index (χ4v) is 5.06. The van der Waals surface area contributed by atoms with Crippen molar-refractivity contribution >= 4 is 16.7 Å². The quantitative estimate of drug-likeness (QED) is 0.198. The maximum absolute atomic E-state index is 6.32. The van der Waals surface area contributed by atoms with E-state index in [-0.39, 0.29) is 0 Å². The molecule has 0 radical (unpaired) electrons. The molecule has 5 aromatic rings. The van der Waals surface area contributed by atoms with E-state index >= 15 is 0 Å². The summed E-state index contributed by atoms with van der Waals surface area (Å²) >= 11 is 0. The molecule has 0 bridgehead atoms. The number of benzene rings is 3. The van der Waals surface area contributed by atoms with Crippen molar-refractivity contribution in [2.75, 3.05) is 6.61 Å². The van der Waals surface area contributed by atoms with E-state index in [0.29, 0.717) is 12.5 Å². The predicted octanol–water partition coefficient (Wildman–Crippen LogP) is 7.99. The molecule has 0 amide bonds. The standard InChI is InChI=1S/C31H31N3O2/c1-2-3-4-5-6-13-20-35-28-19-12-8-15-23(28)29-33-31-24(21-22-14-7-11-18-27(22)36-31)30-32-25-16-9-10-17-26(25)34(29)30/h7-12,14-19H,2-6,13,20-21H2,1H3. The summed E-state index contributed by atoms with van der Waals surface area (Å²) in [6.45, 7) is 2.95. The van der Waals surface area contributed by atoms with E-state index in [4.69, 9.17) is 19.4 Å². The van der Waals surface area contributed by atoms with Crippen LogP contribution in [0, 0.1) is 0 Å². The van der Waals surface area contributed by atoms with Crippen molar-refractivity contribution in [3.8, 4) is 28.8 Å². The van der Waals surface area contributed by atoms with Crippen molar-refractivity contribution in [1.29, 1.82) is 0 Å². The first-order chi connectivity index (χ1) is 17.8. The summed E-state index contributed by atoms with van der Waals surface area (Å²) in [6.07, 6.45) is 8.15. The number of hydrogen-bond acceptors (Lipinski definition) is 4. The van der Waals surface area contributed by atoms with Crippen LogP contribution in [0.2, 0.25) is 0 Å². The van der Waals surface area contributed by atoms with Crippen molar-refractivity contribution in [2.24, 2.45) is 0 Å². The summed E-state index contributed by atoms with van der Waals surface area (Å²) in [7, 11) is 0. The van der Waals surface area contributed by atoms with E-state index < -0.39 is 0 Å². The predicted molar refractivity (Wildman–Crippen MR) is 144 cm³/mol. The maximum Gasteiger partial charge on any atom is 0.228 e. The third-order valence-electron chi connectivity index (χ3n) is 6.94. The summed E-state index contributed by atoms with van der Waals surface area (Å²) in [5.41, 5.74) is 5.97. The summed E-state index contributed by atoms with van der Waals surface area (Å²) in [5, 5.41) is 0. The number of nitrogens with zero attached hydrogens (tertiary/aromatic N) is 3. The molecule has 182 valence electrons. The van der Waals surface area contributed by atoms with Gasteiger partial charge in [0.2, 0.25) is 5.88 Å². The van der Waals surface area contributed by atoms with Crippen LogP contribution in [0.15, 0.2) is 72.8 Å². The van der Waals surface area contributed by atoms with E-state index in [1.54, 1.807) is 0 Å². The molecule has 3 heterocycles. The number of rotatable bonds is 9. The lowest BCUT2D eigenvalue weighted by atomic mass is 10.0. The van der Waals surface area contributed by atoms with Gasteiger partial charge >= 0.3 is 0 Å². The SMILES string of the molecule is CCCCCCCCOc1ccccc1-c1nc2c(c3nc4ccccc4n13)Cc1ccccc1O2. The lowest BCUT2D eigenvalue weighted by Gasteiger charge is -2.21. The number of hydrogen-bond donors (Lipinski definition) is 0. The Hall–Kier alpha value is -3.86. The van der Waals surface area contributed by atoms with Crippen LogP contribution < -0.4 is 9.47 Å². The number of ether oxygens (including phenoxy) is 2. The third kappa shape index (κ3) is 4.19. The maximum atomic E-state index is 6.32. The molecule has 5 heteroatoms. The van der Waals surface area contributed by atoms with Crippen LogP contribution in [0.5, 0.6) is 17.4 Å². The fourth-order valence-electron chi connectivity index (χ4n) is 5.06. The Morgan fingerprint density at radius 1 is 0.833 bits per heavy atom. The minimum absolute atomic E-state index is 0.622. The van der Waals surface area contributed by atoms with Gasteiger partial charge in [0.05, 0.1) is 28.8 Å². The molecule has 36 heavy (non-hydrogen) atoms. The Kier molecular flexibility index (Phi) is 6.29. The van der Waals surface area contributed by atoms with Gasteiger partial charge in [-0.25, -0.2) is 4.98 Å². The first-order valence-electron chi connectivity index (χ1n) is 13.1. The number of para-hydroxylation sites is 4. The van der Waals surface area contributed by atoms with Gasteiger partial charge in [-0.1, -0.05) is 81.5 Å². The van der Waals surface area contributed by atoms with Crippen LogP contribution in [-0.4, -0.2) is 21.0 Å². The Balaban J connectivity index is 1.41. The van der Waals surface area contributed by atoms with Crippen LogP contribution >= 0.6 is 0 Å². The van der Waals surface area contributed by atoms with E-state index in [9.17, 15) is 0 Å². The summed E-state index contributed by atoms with van der Waals surface area (Å²) in [4.78, 5) is 10.1. The molecule has 2 aromatic heterocycles. The van der Waals surface area contributed by atoms with Gasteiger partial charge in [0.15, 0.2) is 5.82 Å². The van der Waals surface area contributed by atoms with Gasteiger partial charge in [-0.3, -0.25) is 4.40 Å². The summed E-state index contributed by atoms with van der Waals surface area (Å²) in [5.74, 6) is 3.11. The Labute approximate surface area is 211 Å². The topological polar surface area (TPSA) is 48.7 Å². The van der Waals surface area contributed by atoms with Gasteiger partial charge in [-0.15, -0.1) is 0 Å². The zero-order valence-electron chi connectivity index (χ0n) is 20.7. The second-order valence-corrected chi connectivity index (χ2v) is 9.48. The Morgan fingerprint density at radius 2 is 1.61 bits per heavy atom. The van der Waals surface area contributed by atoms with E-state index in [1.807, 2.05) is 48.5 Å². The molecular weight excluding hydrogens is 446 g/mol. The zero-order valence-corrected chi connectivity index (χ0v) is 20.7. The first kappa shape index (κ1) is 22.6. The van der Waals surface area contributed by atoms with Crippen LogP contribution in [0.4, 0.5) is 0 Å². The number of aromatic nitrogens is 3. The van der Waals surface area contributed by atoms with Crippen LogP contribution in [0.25, 0.3) is 28.1 Å². The number of unbranched alkanes of at least 4 members (excludes halogenated alkanes) is 5. The molecule has 5 nitrogen and oxygen atoms in total. The van der Waals surface area contributed by atoms with Crippen molar-refractivity contribution in [2.45, 2.75) is 51.9 Å². The second kappa shape index (κ2) is 10.0. The molecule has 0 fully saturated rings. The van der Waals surface area contributed by atoms with E-state index in [0.717, 1.165) is 63.5 Å². The molecule has 0 aliphatic carbocycles. The molecular formula is C31H31N3O2. The Bertz CT molecular complexity index is 1520. The Morgan fingerprint density at radius 3 is 2.56 bits per heavy atom. The largest absolute Gasteiger partial charge is 0.493 e. The van der Waals surface area contributed by atoms with Gasteiger partial charge in [0.1, 0.15) is 17.1 Å². The van der Waals surface area contributed by atoms with Gasteiger partial charge in [-0.2, -0.15) is 4.98 Å². The lowest BCUT2D eigenvalue weighted by Crippen LogP contribution is -2.10. The zero-order chi connectivity index (χ0) is 24.3. The highest BCUT2D eigenvalue weighted by Gasteiger charge is 2.26. The second-order valence-electron chi connectivity index (χ2n) is 9.48. The fraction of sp³-hybridized carbons (Fsp3) is 0.290. The average Bonchev–Trinajstić information content (AvgIpc) is 3.31. The highest BCUT2D eigenvalue weighted by molar-refractivity contribution is 5.85. The summed E-state index contributed by atoms with van der Waals surface area (Å²) < 4.78 is 14.8. The van der Waals surface area contributed by atoms with Gasteiger partial charge in [-0.05, 0) is 42.3 Å². The minimum atomic E-state index is 0.622. The third-order valence-corrected chi connectivity index (χ3v) is 6.94. The van der Waals surface area contributed by atoms with Crippen LogP contribution in [0.3, 0.4) is 0 Å². The smallest absolute Gasteiger partial charge is 0.228 e. The van der Waals surface area contributed by atoms with Crippen molar-refractivity contribution in [3.05, 3.63) is 83.9 Å². The minimum Gasteiger partial charge on any atom is -0.493 e. The van der Waals surface area contributed by atoms with Crippen molar-refractivity contribution in [1.82, 2.24) is 14.4 Å². The van der Waals surface area contributed by atoms with Crippen molar-refractivity contribution in [3.63, 3.8) is 0 Å². The molecule has 1 aliphatic rings. The van der Waals surface area contributed by atoms with E-state index in [1.165, 1.54) is 32.1 Å². The molecule has 0 saturated heterocycles. The average molecular weight is 478 g/mol. The van der Waals surface area contributed by atoms with Gasteiger partial charge < -0.3 is 9.47 Å². The first-order valence-corrected chi connectivity index (χ1v) is 13.1. The monoisotopic (exact) mass is 477 g/mol. The highest BCUT2D eigenvalue weighted by atomic mass is 16.5.